The zero-order valence-corrected chi connectivity index (χ0v) is 20.3. The minimum absolute atomic E-state index is 0. The summed E-state index contributed by atoms with van der Waals surface area (Å²) in [5.41, 5.74) is 3.53. The van der Waals surface area contributed by atoms with Crippen molar-refractivity contribution >= 4 is 35.8 Å². The predicted octanol–water partition coefficient (Wildman–Crippen LogP) is 3.57. The minimum atomic E-state index is 0. The quantitative estimate of drug-likeness (QED) is 0.276. The van der Waals surface area contributed by atoms with E-state index < -0.39 is 0 Å². The van der Waals surface area contributed by atoms with Crippen molar-refractivity contribution in [2.24, 2.45) is 4.99 Å². The molecule has 0 saturated heterocycles. The third-order valence-electron chi connectivity index (χ3n) is 4.52. The zero-order valence-electron chi connectivity index (χ0n) is 18.0. The SMILES string of the molecule is CN=C(NCCc1cccc(C(=O)N(C)C)c1)NCc1coc(-c2ccccc2)n1.I. The van der Waals surface area contributed by atoms with Gasteiger partial charge in [-0.1, -0.05) is 30.3 Å². The highest BCUT2D eigenvalue weighted by atomic mass is 127. The fraction of sp³-hybridized carbons (Fsp3) is 0.261. The molecule has 3 aromatic rings. The summed E-state index contributed by atoms with van der Waals surface area (Å²) in [5, 5.41) is 6.52. The van der Waals surface area contributed by atoms with Gasteiger partial charge in [0.05, 0.1) is 12.2 Å². The molecule has 0 bridgehead atoms. The Morgan fingerprint density at radius 2 is 1.87 bits per heavy atom. The Kier molecular flexibility index (Phi) is 9.51. The number of aliphatic imine (C=N–C) groups is 1. The van der Waals surface area contributed by atoms with Gasteiger partial charge >= 0.3 is 0 Å². The lowest BCUT2D eigenvalue weighted by molar-refractivity contribution is 0.0827. The number of carbonyl (C=O) groups is 1. The molecule has 3 rings (SSSR count). The van der Waals surface area contributed by atoms with E-state index in [1.165, 1.54) is 0 Å². The van der Waals surface area contributed by atoms with Crippen molar-refractivity contribution in [1.82, 2.24) is 20.5 Å². The van der Waals surface area contributed by atoms with Crippen molar-refractivity contribution in [3.05, 3.63) is 77.7 Å². The summed E-state index contributed by atoms with van der Waals surface area (Å²) in [6.07, 6.45) is 2.42. The normalized spacial score (nSPS) is 10.9. The monoisotopic (exact) mass is 533 g/mol. The van der Waals surface area contributed by atoms with Gasteiger partial charge in [-0.2, -0.15) is 0 Å². The lowest BCUT2D eigenvalue weighted by atomic mass is 10.1. The van der Waals surface area contributed by atoms with Crippen LogP contribution >= 0.6 is 24.0 Å². The number of aromatic nitrogens is 1. The summed E-state index contributed by atoms with van der Waals surface area (Å²) < 4.78 is 5.56. The van der Waals surface area contributed by atoms with Gasteiger partial charge < -0.3 is 20.0 Å². The zero-order chi connectivity index (χ0) is 21.3. The molecule has 1 aromatic heterocycles. The van der Waals surface area contributed by atoms with E-state index in [2.05, 4.69) is 20.6 Å². The average Bonchev–Trinajstić information content (AvgIpc) is 3.25. The Bertz CT molecular complexity index is 1000. The van der Waals surface area contributed by atoms with Gasteiger partial charge in [0.25, 0.3) is 5.91 Å². The van der Waals surface area contributed by atoms with E-state index in [-0.39, 0.29) is 29.9 Å². The number of hydrogen-bond donors (Lipinski definition) is 2. The van der Waals surface area contributed by atoms with Gasteiger partial charge in [0.15, 0.2) is 5.96 Å². The average molecular weight is 533 g/mol. The van der Waals surface area contributed by atoms with Crippen molar-refractivity contribution in [1.29, 1.82) is 0 Å². The molecule has 2 N–H and O–H groups in total. The highest BCUT2D eigenvalue weighted by Crippen LogP contribution is 2.17. The van der Waals surface area contributed by atoms with Crippen LogP contribution in [0.4, 0.5) is 0 Å². The summed E-state index contributed by atoms with van der Waals surface area (Å²) in [5.74, 6) is 1.28. The Morgan fingerprint density at radius 1 is 1.10 bits per heavy atom. The molecule has 164 valence electrons. The second kappa shape index (κ2) is 12.1. The van der Waals surface area contributed by atoms with Crippen LogP contribution in [0.3, 0.4) is 0 Å². The van der Waals surface area contributed by atoms with E-state index in [4.69, 9.17) is 4.42 Å². The Morgan fingerprint density at radius 3 is 2.58 bits per heavy atom. The third kappa shape index (κ3) is 7.09. The Hall–Kier alpha value is -2.88. The molecule has 1 amide bonds. The largest absolute Gasteiger partial charge is 0.444 e. The maximum absolute atomic E-state index is 12.1. The summed E-state index contributed by atoms with van der Waals surface area (Å²) in [4.78, 5) is 22.4. The predicted molar refractivity (Wildman–Crippen MR) is 134 cm³/mol. The maximum Gasteiger partial charge on any atom is 0.253 e. The Labute approximate surface area is 200 Å². The van der Waals surface area contributed by atoms with Crippen molar-refractivity contribution < 1.29 is 9.21 Å². The van der Waals surface area contributed by atoms with Gasteiger partial charge in [-0.25, -0.2) is 4.98 Å². The first kappa shape index (κ1) is 24.4. The standard InChI is InChI=1S/C23H27N5O2.HI/c1-24-23(25-13-12-17-8-7-11-19(14-17)22(29)28(2)3)26-15-20-16-30-21(27-20)18-9-5-4-6-10-18;/h4-11,14,16H,12-13,15H2,1-3H3,(H2,24,25,26);1H. The van der Waals surface area contributed by atoms with Gasteiger partial charge in [-0.15, -0.1) is 24.0 Å². The molecule has 8 heteroatoms. The lowest BCUT2D eigenvalue weighted by Crippen LogP contribution is -2.37. The number of carbonyl (C=O) groups excluding carboxylic acids is 1. The van der Waals surface area contributed by atoms with E-state index in [1.807, 2.05) is 54.6 Å². The number of rotatable bonds is 7. The fourth-order valence-electron chi connectivity index (χ4n) is 2.94. The molecule has 0 aliphatic rings. The van der Waals surface area contributed by atoms with E-state index in [1.54, 1.807) is 32.3 Å². The first-order valence-electron chi connectivity index (χ1n) is 9.81. The topological polar surface area (TPSA) is 82.8 Å². The number of halogens is 1. The summed E-state index contributed by atoms with van der Waals surface area (Å²) in [7, 11) is 5.23. The molecule has 0 unspecified atom stereocenters. The number of benzene rings is 2. The van der Waals surface area contributed by atoms with Gasteiger partial charge in [0.1, 0.15) is 6.26 Å². The molecule has 0 aliphatic heterocycles. The summed E-state index contributed by atoms with van der Waals surface area (Å²) in [6, 6.07) is 17.5. The number of guanidine groups is 1. The summed E-state index contributed by atoms with van der Waals surface area (Å²) in [6.45, 7) is 1.19. The smallest absolute Gasteiger partial charge is 0.253 e. The minimum Gasteiger partial charge on any atom is -0.444 e. The number of nitrogens with zero attached hydrogens (tertiary/aromatic N) is 3. The molecule has 2 aromatic carbocycles. The molecule has 1 heterocycles. The van der Waals surface area contributed by atoms with Gasteiger partial charge in [-0.05, 0) is 36.2 Å². The summed E-state index contributed by atoms with van der Waals surface area (Å²) >= 11 is 0. The van der Waals surface area contributed by atoms with E-state index in [9.17, 15) is 4.79 Å². The van der Waals surface area contributed by atoms with Crippen LogP contribution in [0.25, 0.3) is 11.5 Å². The molecule has 31 heavy (non-hydrogen) atoms. The van der Waals surface area contributed by atoms with Crippen LogP contribution in [0.15, 0.2) is 70.3 Å². The maximum atomic E-state index is 12.1. The highest BCUT2D eigenvalue weighted by Gasteiger charge is 2.09. The Balaban J connectivity index is 0.00000341. The van der Waals surface area contributed by atoms with Crippen molar-refractivity contribution in [2.75, 3.05) is 27.7 Å². The van der Waals surface area contributed by atoms with Gasteiger partial charge in [0, 0.05) is 38.8 Å². The molecule has 0 atom stereocenters. The van der Waals surface area contributed by atoms with Crippen LogP contribution in [0.5, 0.6) is 0 Å². The number of amides is 1. The first-order chi connectivity index (χ1) is 14.6. The van der Waals surface area contributed by atoms with E-state index in [0.29, 0.717) is 30.5 Å². The highest BCUT2D eigenvalue weighted by molar-refractivity contribution is 14.0. The van der Waals surface area contributed by atoms with Crippen LogP contribution in [0, 0.1) is 0 Å². The van der Waals surface area contributed by atoms with E-state index in [0.717, 1.165) is 23.2 Å². The van der Waals surface area contributed by atoms with Crippen LogP contribution in [0.2, 0.25) is 0 Å². The molecule has 0 saturated carbocycles. The molecular weight excluding hydrogens is 505 g/mol. The van der Waals surface area contributed by atoms with Gasteiger partial charge in [-0.3, -0.25) is 9.79 Å². The van der Waals surface area contributed by atoms with Crippen LogP contribution in [-0.4, -0.2) is 49.4 Å². The third-order valence-corrected chi connectivity index (χ3v) is 4.52. The number of nitrogens with one attached hydrogen (secondary N) is 2. The first-order valence-corrected chi connectivity index (χ1v) is 9.81. The van der Waals surface area contributed by atoms with Gasteiger partial charge in [0.2, 0.25) is 5.89 Å². The lowest BCUT2D eigenvalue weighted by Gasteiger charge is -2.12. The van der Waals surface area contributed by atoms with Crippen molar-refractivity contribution in [3.63, 3.8) is 0 Å². The molecule has 0 fully saturated rings. The van der Waals surface area contributed by atoms with Crippen molar-refractivity contribution in [2.45, 2.75) is 13.0 Å². The van der Waals surface area contributed by atoms with Crippen LogP contribution < -0.4 is 10.6 Å². The molecule has 0 spiro atoms. The molecular formula is C23H28IN5O2. The number of oxazole rings is 1. The van der Waals surface area contributed by atoms with Crippen LogP contribution in [-0.2, 0) is 13.0 Å². The second-order valence-corrected chi connectivity index (χ2v) is 7.01. The van der Waals surface area contributed by atoms with E-state index >= 15 is 0 Å². The second-order valence-electron chi connectivity index (χ2n) is 7.01. The van der Waals surface area contributed by atoms with Crippen LogP contribution in [0.1, 0.15) is 21.6 Å². The number of hydrogen-bond acceptors (Lipinski definition) is 4. The fourth-order valence-corrected chi connectivity index (χ4v) is 2.94. The molecule has 0 radical (unpaired) electrons. The molecule has 0 aliphatic carbocycles. The molecule has 7 nitrogen and oxygen atoms in total. The van der Waals surface area contributed by atoms with Crippen molar-refractivity contribution in [3.8, 4) is 11.5 Å².